The van der Waals surface area contributed by atoms with Crippen molar-refractivity contribution in [1.29, 1.82) is 0 Å². The minimum atomic E-state index is -0.757. The van der Waals surface area contributed by atoms with E-state index in [2.05, 4.69) is 102 Å². The first-order valence-corrected chi connectivity index (χ1v) is 15.8. The van der Waals surface area contributed by atoms with Gasteiger partial charge in [-0.25, -0.2) is 0 Å². The minimum Gasteiger partial charge on any atom is -0.508 e. The van der Waals surface area contributed by atoms with Crippen LogP contribution in [0.4, 0.5) is 17.1 Å². The molecule has 2 aliphatic rings. The number of fused-ring (bicyclic) bond motifs is 9. The van der Waals surface area contributed by atoms with Gasteiger partial charge in [-0.3, -0.25) is 0 Å². The molecule has 48 heavy (non-hydrogen) atoms. The monoisotopic (exact) mass is 623 g/mol. The molecule has 0 atom stereocenters. The first kappa shape index (κ1) is 27.8. The van der Waals surface area contributed by atoms with E-state index in [-0.39, 0.29) is 23.0 Å². The zero-order chi connectivity index (χ0) is 32.6. The maximum absolute atomic E-state index is 10.4. The first-order valence-electron chi connectivity index (χ1n) is 15.8. The number of rotatable bonds is 3. The topological polar surface area (TPSA) is 84.2 Å². The Morgan fingerprint density at radius 3 is 1.23 bits per heavy atom. The third-order valence-corrected chi connectivity index (χ3v) is 9.72. The summed E-state index contributed by atoms with van der Waals surface area (Å²) in [6.07, 6.45) is 0. The lowest BCUT2D eigenvalue weighted by Crippen LogP contribution is -2.36. The molecule has 0 saturated heterocycles. The van der Waals surface area contributed by atoms with Crippen LogP contribution < -0.4 is 4.90 Å². The Balaban J connectivity index is 1.40. The molecule has 0 radical (unpaired) electrons. The van der Waals surface area contributed by atoms with Crippen LogP contribution in [-0.2, 0) is 5.41 Å². The zero-order valence-electron chi connectivity index (χ0n) is 25.7. The second-order valence-electron chi connectivity index (χ2n) is 12.5. The van der Waals surface area contributed by atoms with Crippen molar-refractivity contribution in [3.63, 3.8) is 0 Å². The van der Waals surface area contributed by atoms with Gasteiger partial charge < -0.3 is 25.3 Å². The molecule has 0 amide bonds. The minimum absolute atomic E-state index is 0.00522. The van der Waals surface area contributed by atoms with Crippen molar-refractivity contribution in [3.8, 4) is 56.4 Å². The molecule has 1 aliphatic carbocycles. The van der Waals surface area contributed by atoms with Gasteiger partial charge in [0.15, 0.2) is 0 Å². The molecule has 0 saturated carbocycles. The maximum Gasteiger partial charge on any atom is 0.119 e. The van der Waals surface area contributed by atoms with Crippen LogP contribution in [0.15, 0.2) is 152 Å². The molecule has 230 valence electrons. The number of phenols is 4. The number of phenolic OH excluding ortho intramolecular Hbond substituents is 4. The summed E-state index contributed by atoms with van der Waals surface area (Å²) in [5.41, 5.74) is 12.1. The molecule has 1 aliphatic heterocycles. The summed E-state index contributed by atoms with van der Waals surface area (Å²) in [4.78, 5) is 2.32. The van der Waals surface area contributed by atoms with Gasteiger partial charge in [0, 0.05) is 17.8 Å². The number of anilines is 3. The normalized spacial score (nSPS) is 13.5. The van der Waals surface area contributed by atoms with Crippen molar-refractivity contribution in [3.05, 3.63) is 174 Å². The summed E-state index contributed by atoms with van der Waals surface area (Å²) in [5, 5.41) is 41.6. The molecule has 0 unspecified atom stereocenters. The Kier molecular flexibility index (Phi) is 5.95. The molecular weight excluding hydrogens is 594 g/mol. The fourth-order valence-corrected chi connectivity index (χ4v) is 7.89. The standard InChI is InChI=1S/C43H29NO4/c45-31-18-28(19-32(46)24-31)26-14-16-35-36-17-15-27(29-20-33(47)25-34(48)21-29)23-40(36)43(39(35)22-26)37-10-4-6-12-41(37)44(30-8-2-1-3-9-30)42-13-7-5-11-38(42)43/h1-25,45-48H. The van der Waals surface area contributed by atoms with Gasteiger partial charge in [0.1, 0.15) is 23.0 Å². The number of nitrogens with zero attached hydrogens (tertiary/aromatic N) is 1. The van der Waals surface area contributed by atoms with Gasteiger partial charge >= 0.3 is 0 Å². The van der Waals surface area contributed by atoms with Gasteiger partial charge in [-0.15, -0.1) is 0 Å². The van der Waals surface area contributed by atoms with Crippen molar-refractivity contribution < 1.29 is 20.4 Å². The maximum atomic E-state index is 10.4. The van der Waals surface area contributed by atoms with E-state index in [1.807, 2.05) is 18.2 Å². The number of para-hydroxylation sites is 3. The molecule has 7 aromatic rings. The second-order valence-corrected chi connectivity index (χ2v) is 12.5. The molecule has 5 nitrogen and oxygen atoms in total. The predicted octanol–water partition coefficient (Wildman–Crippen LogP) is 9.99. The van der Waals surface area contributed by atoms with Crippen LogP contribution in [0.1, 0.15) is 22.3 Å². The summed E-state index contributed by atoms with van der Waals surface area (Å²) >= 11 is 0. The highest BCUT2D eigenvalue weighted by atomic mass is 16.3. The summed E-state index contributed by atoms with van der Waals surface area (Å²) in [7, 11) is 0. The summed E-state index contributed by atoms with van der Waals surface area (Å²) in [6, 6.07) is 49.5. The number of hydrogen-bond acceptors (Lipinski definition) is 5. The van der Waals surface area contributed by atoms with E-state index < -0.39 is 5.41 Å². The van der Waals surface area contributed by atoms with Gasteiger partial charge in [0.2, 0.25) is 0 Å². The van der Waals surface area contributed by atoms with Gasteiger partial charge in [-0.2, -0.15) is 0 Å². The van der Waals surface area contributed by atoms with Gasteiger partial charge in [-0.1, -0.05) is 78.9 Å². The Labute approximate surface area is 277 Å². The smallest absolute Gasteiger partial charge is 0.119 e. The number of aromatic hydroxyl groups is 4. The van der Waals surface area contributed by atoms with Crippen LogP contribution in [0.25, 0.3) is 33.4 Å². The van der Waals surface area contributed by atoms with E-state index in [0.717, 1.165) is 61.6 Å². The SMILES string of the molecule is Oc1cc(O)cc(-c2ccc3c(c2)C2(c4cc(-c5cc(O)cc(O)c5)ccc4-3)c3ccccc3N(c3ccccc3)c3ccccc32)c1. The molecule has 1 heterocycles. The van der Waals surface area contributed by atoms with Crippen LogP contribution in [0.3, 0.4) is 0 Å². The lowest BCUT2D eigenvalue weighted by Gasteiger charge is -2.45. The predicted molar refractivity (Wildman–Crippen MR) is 190 cm³/mol. The zero-order valence-corrected chi connectivity index (χ0v) is 25.7. The van der Waals surface area contributed by atoms with Gasteiger partial charge in [0.25, 0.3) is 0 Å². The average Bonchev–Trinajstić information content (AvgIpc) is 3.37. The molecule has 0 fully saturated rings. The lowest BCUT2D eigenvalue weighted by atomic mass is 9.64. The summed E-state index contributed by atoms with van der Waals surface area (Å²) < 4.78 is 0. The summed E-state index contributed by atoms with van der Waals surface area (Å²) in [5.74, 6) is -0.0209. The third kappa shape index (κ3) is 3.98. The van der Waals surface area contributed by atoms with Crippen molar-refractivity contribution in [2.45, 2.75) is 5.41 Å². The van der Waals surface area contributed by atoms with Crippen LogP contribution in [0, 0.1) is 0 Å². The fraction of sp³-hybridized carbons (Fsp3) is 0.0233. The van der Waals surface area contributed by atoms with Crippen molar-refractivity contribution in [1.82, 2.24) is 0 Å². The second kappa shape index (κ2) is 10.3. The van der Waals surface area contributed by atoms with E-state index >= 15 is 0 Å². The third-order valence-electron chi connectivity index (χ3n) is 9.72. The first-order chi connectivity index (χ1) is 23.4. The number of benzene rings is 7. The van der Waals surface area contributed by atoms with Gasteiger partial charge in [-0.05, 0) is 116 Å². The lowest BCUT2D eigenvalue weighted by molar-refractivity contribution is 0.450. The fourth-order valence-electron chi connectivity index (χ4n) is 7.89. The number of hydrogen-bond donors (Lipinski definition) is 4. The molecule has 5 heteroatoms. The highest BCUT2D eigenvalue weighted by Crippen LogP contribution is 2.64. The molecule has 0 bridgehead atoms. The van der Waals surface area contributed by atoms with E-state index in [1.54, 1.807) is 24.3 Å². The molecule has 4 N–H and O–H groups in total. The van der Waals surface area contributed by atoms with E-state index in [4.69, 9.17) is 0 Å². The van der Waals surface area contributed by atoms with Crippen molar-refractivity contribution >= 4 is 17.1 Å². The van der Waals surface area contributed by atoms with E-state index in [9.17, 15) is 20.4 Å². The molecule has 9 rings (SSSR count). The average molecular weight is 624 g/mol. The highest BCUT2D eigenvalue weighted by molar-refractivity contribution is 5.97. The summed E-state index contributed by atoms with van der Waals surface area (Å²) in [6.45, 7) is 0. The van der Waals surface area contributed by atoms with Crippen LogP contribution in [0.2, 0.25) is 0 Å². The molecule has 1 spiro atoms. The highest BCUT2D eigenvalue weighted by Gasteiger charge is 2.52. The van der Waals surface area contributed by atoms with Crippen LogP contribution in [-0.4, -0.2) is 20.4 Å². The Hall–Kier alpha value is -6.46. The largest absolute Gasteiger partial charge is 0.508 e. The van der Waals surface area contributed by atoms with E-state index in [1.165, 1.54) is 12.1 Å². The van der Waals surface area contributed by atoms with Crippen molar-refractivity contribution in [2.75, 3.05) is 4.90 Å². The van der Waals surface area contributed by atoms with E-state index in [0.29, 0.717) is 11.1 Å². The Bertz CT molecular complexity index is 2230. The van der Waals surface area contributed by atoms with Crippen LogP contribution >= 0.6 is 0 Å². The Morgan fingerprint density at radius 1 is 0.354 bits per heavy atom. The van der Waals surface area contributed by atoms with Crippen LogP contribution in [0.5, 0.6) is 23.0 Å². The van der Waals surface area contributed by atoms with Gasteiger partial charge in [0.05, 0.1) is 16.8 Å². The Morgan fingerprint density at radius 2 is 0.771 bits per heavy atom. The quantitative estimate of drug-likeness (QED) is 0.157. The molecule has 0 aromatic heterocycles. The van der Waals surface area contributed by atoms with Crippen molar-refractivity contribution in [2.24, 2.45) is 0 Å². The molecular formula is C43H29NO4. The molecule has 7 aromatic carbocycles.